The highest BCUT2D eigenvalue weighted by molar-refractivity contribution is 14.1. The fourth-order valence-electron chi connectivity index (χ4n) is 1.95. The van der Waals surface area contributed by atoms with Crippen molar-refractivity contribution in [3.8, 4) is 0 Å². The summed E-state index contributed by atoms with van der Waals surface area (Å²) in [5.41, 5.74) is 0.398. The minimum atomic E-state index is -0.500. The third kappa shape index (κ3) is 7.85. The van der Waals surface area contributed by atoms with Crippen LogP contribution in [-0.4, -0.2) is 24.8 Å². The highest BCUT2D eigenvalue weighted by Gasteiger charge is 2.19. The van der Waals surface area contributed by atoms with E-state index >= 15 is 0 Å². The maximum atomic E-state index is 13.1. The Bertz CT molecular complexity index is 530. The van der Waals surface area contributed by atoms with Gasteiger partial charge in [-0.2, -0.15) is 0 Å². The summed E-state index contributed by atoms with van der Waals surface area (Å²) >= 11 is 2.10. The first-order valence-corrected chi connectivity index (χ1v) is 8.82. The van der Waals surface area contributed by atoms with Gasteiger partial charge in [-0.1, -0.05) is 13.8 Å². The van der Waals surface area contributed by atoms with Crippen molar-refractivity contribution in [1.82, 2.24) is 5.32 Å². The summed E-state index contributed by atoms with van der Waals surface area (Å²) in [4.78, 5) is 11.8. The van der Waals surface area contributed by atoms with Crippen LogP contribution in [0.25, 0.3) is 0 Å². The number of anilines is 1. The molecule has 0 fully saturated rings. The van der Waals surface area contributed by atoms with E-state index in [1.54, 1.807) is 6.07 Å². The summed E-state index contributed by atoms with van der Waals surface area (Å²) < 4.78 is 19.2. The second-order valence-electron chi connectivity index (χ2n) is 6.89. The van der Waals surface area contributed by atoms with Crippen molar-refractivity contribution in [3.63, 3.8) is 0 Å². The second-order valence-corrected chi connectivity index (χ2v) is 8.05. The number of rotatable bonds is 6. The van der Waals surface area contributed by atoms with E-state index in [-0.39, 0.29) is 11.7 Å². The number of ether oxygens (including phenoxy) is 1. The highest BCUT2D eigenvalue weighted by Crippen LogP contribution is 2.20. The maximum Gasteiger partial charge on any atom is 0.407 e. The van der Waals surface area contributed by atoms with Crippen molar-refractivity contribution in [1.29, 1.82) is 0 Å². The zero-order chi connectivity index (χ0) is 17.6. The molecule has 0 aliphatic carbocycles. The van der Waals surface area contributed by atoms with E-state index in [4.69, 9.17) is 4.74 Å². The predicted molar refractivity (Wildman–Crippen MR) is 100 cm³/mol. The fourth-order valence-corrected chi connectivity index (χ4v) is 2.61. The number of benzene rings is 1. The molecule has 1 atom stereocenters. The number of halogens is 2. The highest BCUT2D eigenvalue weighted by atomic mass is 127. The first-order valence-electron chi connectivity index (χ1n) is 7.74. The van der Waals surface area contributed by atoms with E-state index in [2.05, 4.69) is 47.1 Å². The van der Waals surface area contributed by atoms with Gasteiger partial charge in [0.15, 0.2) is 0 Å². The van der Waals surface area contributed by atoms with Crippen LogP contribution in [0, 0.1) is 21.2 Å². The van der Waals surface area contributed by atoms with Gasteiger partial charge in [0.2, 0.25) is 0 Å². The van der Waals surface area contributed by atoms with E-state index in [0.29, 0.717) is 19.0 Å². The average molecular weight is 436 g/mol. The third-order valence-corrected chi connectivity index (χ3v) is 4.23. The van der Waals surface area contributed by atoms with Gasteiger partial charge in [-0.3, -0.25) is 0 Å². The molecule has 6 heteroatoms. The first-order chi connectivity index (χ1) is 10.6. The number of amides is 1. The van der Waals surface area contributed by atoms with Crippen molar-refractivity contribution in [2.24, 2.45) is 11.8 Å². The lowest BCUT2D eigenvalue weighted by atomic mass is 9.95. The molecule has 0 saturated carbocycles. The number of hydrogen-bond acceptors (Lipinski definition) is 3. The average Bonchev–Trinajstić information content (AvgIpc) is 2.38. The molecule has 4 nitrogen and oxygen atoms in total. The Morgan fingerprint density at radius 3 is 2.48 bits per heavy atom. The molecule has 1 aromatic carbocycles. The molecular weight excluding hydrogens is 410 g/mol. The lowest BCUT2D eigenvalue weighted by Gasteiger charge is -2.24. The van der Waals surface area contributed by atoms with Gasteiger partial charge in [-0.05, 0) is 73.4 Å². The van der Waals surface area contributed by atoms with Crippen molar-refractivity contribution >= 4 is 34.4 Å². The molecule has 1 amide bonds. The van der Waals surface area contributed by atoms with Crippen LogP contribution < -0.4 is 10.6 Å². The third-order valence-electron chi connectivity index (χ3n) is 3.34. The molecule has 0 heterocycles. The Balaban J connectivity index is 2.54. The Hall–Kier alpha value is -1.05. The molecule has 23 heavy (non-hydrogen) atoms. The molecule has 130 valence electrons. The molecule has 1 aromatic rings. The van der Waals surface area contributed by atoms with E-state index in [1.807, 2.05) is 20.8 Å². The molecule has 0 aromatic heterocycles. The number of carbonyl (C=O) groups is 1. The first kappa shape index (κ1) is 20.0. The van der Waals surface area contributed by atoms with Gasteiger partial charge < -0.3 is 15.4 Å². The fraction of sp³-hybridized carbons (Fsp3) is 0.588. The summed E-state index contributed by atoms with van der Waals surface area (Å²) in [6.45, 7) is 10.9. The van der Waals surface area contributed by atoms with E-state index in [9.17, 15) is 9.18 Å². The molecular formula is C17H26FIN2O2. The zero-order valence-electron chi connectivity index (χ0n) is 14.4. The molecule has 1 rings (SSSR count). The lowest BCUT2D eigenvalue weighted by Crippen LogP contribution is -2.38. The molecule has 0 aliphatic heterocycles. The quantitative estimate of drug-likeness (QED) is 0.639. The van der Waals surface area contributed by atoms with Gasteiger partial charge >= 0.3 is 6.09 Å². The minimum Gasteiger partial charge on any atom is -0.444 e. The molecule has 0 radical (unpaired) electrons. The maximum absolute atomic E-state index is 13.1. The van der Waals surface area contributed by atoms with Crippen molar-refractivity contribution < 1.29 is 13.9 Å². The van der Waals surface area contributed by atoms with Gasteiger partial charge in [-0.25, -0.2) is 9.18 Å². The number of nitrogens with one attached hydrogen (secondary N) is 2. The smallest absolute Gasteiger partial charge is 0.407 e. The van der Waals surface area contributed by atoms with Crippen LogP contribution in [0.2, 0.25) is 0 Å². The van der Waals surface area contributed by atoms with Crippen molar-refractivity contribution in [2.75, 3.05) is 18.4 Å². The van der Waals surface area contributed by atoms with Gasteiger partial charge in [0, 0.05) is 22.3 Å². The van der Waals surface area contributed by atoms with E-state index < -0.39 is 11.7 Å². The van der Waals surface area contributed by atoms with Crippen LogP contribution in [0.3, 0.4) is 0 Å². The van der Waals surface area contributed by atoms with Gasteiger partial charge in [-0.15, -0.1) is 0 Å². The van der Waals surface area contributed by atoms with Crippen LogP contribution in [0.4, 0.5) is 14.9 Å². The van der Waals surface area contributed by atoms with E-state index in [1.165, 1.54) is 12.1 Å². The number of alkyl carbamates (subject to hydrolysis) is 1. The standard InChI is InChI=1S/C17H26FIN2O2/c1-11(2)12(10-21-16(22)23-17(3,4)5)9-20-15-7-6-13(18)8-14(15)19/h6-8,11-12,20H,9-10H2,1-5H3,(H,21,22). The van der Waals surface area contributed by atoms with Gasteiger partial charge in [0.25, 0.3) is 0 Å². The summed E-state index contributed by atoms with van der Waals surface area (Å²) in [5, 5.41) is 6.14. The van der Waals surface area contributed by atoms with Crippen molar-refractivity contribution in [2.45, 2.75) is 40.2 Å². The summed E-state index contributed by atoms with van der Waals surface area (Å²) in [6.07, 6.45) is -0.403. The Labute approximate surface area is 151 Å². The molecule has 0 aliphatic rings. The van der Waals surface area contributed by atoms with Crippen LogP contribution in [0.5, 0.6) is 0 Å². The second kappa shape index (κ2) is 8.70. The SMILES string of the molecule is CC(C)C(CNC(=O)OC(C)(C)C)CNc1ccc(F)cc1I. The molecule has 1 unspecified atom stereocenters. The summed E-state index contributed by atoms with van der Waals surface area (Å²) in [6, 6.07) is 4.66. The molecule has 0 saturated heterocycles. The minimum absolute atomic E-state index is 0.239. The van der Waals surface area contributed by atoms with Crippen LogP contribution in [0.1, 0.15) is 34.6 Å². The largest absolute Gasteiger partial charge is 0.444 e. The topological polar surface area (TPSA) is 50.4 Å². The Kier molecular flexibility index (Phi) is 7.57. The summed E-state index contributed by atoms with van der Waals surface area (Å²) in [5.74, 6) is 0.380. The van der Waals surface area contributed by atoms with Gasteiger partial charge in [0.1, 0.15) is 11.4 Å². The summed E-state index contributed by atoms with van der Waals surface area (Å²) in [7, 11) is 0. The molecule has 0 spiro atoms. The lowest BCUT2D eigenvalue weighted by molar-refractivity contribution is 0.0516. The zero-order valence-corrected chi connectivity index (χ0v) is 16.5. The molecule has 2 N–H and O–H groups in total. The Morgan fingerprint density at radius 2 is 1.96 bits per heavy atom. The normalized spacial score (nSPS) is 12.9. The van der Waals surface area contributed by atoms with Crippen LogP contribution in [0.15, 0.2) is 18.2 Å². The van der Waals surface area contributed by atoms with Crippen LogP contribution >= 0.6 is 22.6 Å². The molecule has 0 bridgehead atoms. The number of carbonyl (C=O) groups excluding carboxylic acids is 1. The van der Waals surface area contributed by atoms with Gasteiger partial charge in [0.05, 0.1) is 0 Å². The predicted octanol–water partition coefficient (Wildman–Crippen LogP) is 4.64. The number of hydrogen-bond donors (Lipinski definition) is 2. The van der Waals surface area contributed by atoms with Crippen LogP contribution in [-0.2, 0) is 4.74 Å². The Morgan fingerprint density at radius 1 is 1.30 bits per heavy atom. The van der Waals surface area contributed by atoms with Crippen molar-refractivity contribution in [3.05, 3.63) is 27.6 Å². The monoisotopic (exact) mass is 436 g/mol. The van der Waals surface area contributed by atoms with E-state index in [0.717, 1.165) is 9.26 Å².